The van der Waals surface area contributed by atoms with E-state index >= 15 is 0 Å². The molecule has 0 aliphatic carbocycles. The zero-order valence-electron chi connectivity index (χ0n) is 15.0. The molecular weight excluding hydrogens is 348 g/mol. The number of amides is 1. The summed E-state index contributed by atoms with van der Waals surface area (Å²) < 4.78 is 7.34. The van der Waals surface area contributed by atoms with E-state index in [9.17, 15) is 9.90 Å². The molecule has 0 bridgehead atoms. The van der Waals surface area contributed by atoms with Gasteiger partial charge in [0.05, 0.1) is 19.3 Å². The van der Waals surface area contributed by atoms with E-state index < -0.39 is 12.1 Å². The van der Waals surface area contributed by atoms with Crippen LogP contribution in [0.2, 0.25) is 0 Å². The van der Waals surface area contributed by atoms with Crippen LogP contribution in [-0.4, -0.2) is 35.5 Å². The van der Waals surface area contributed by atoms with E-state index in [1.165, 1.54) is 11.9 Å². The van der Waals surface area contributed by atoms with Crippen molar-refractivity contribution >= 4 is 23.6 Å². The van der Waals surface area contributed by atoms with Gasteiger partial charge < -0.3 is 19.5 Å². The molecule has 1 unspecified atom stereocenters. The Morgan fingerprint density at radius 3 is 2.50 bits per heavy atom. The Hall–Kier alpha value is -2.44. The minimum atomic E-state index is -0.791. The Bertz CT molecular complexity index is 823. The number of hydrogen-bond acceptors (Lipinski definition) is 5. The number of fused-ring (bicyclic) bond motifs is 1. The van der Waals surface area contributed by atoms with Crippen LogP contribution in [0.25, 0.3) is 5.76 Å². The van der Waals surface area contributed by atoms with Gasteiger partial charge in [0.2, 0.25) is 0 Å². The van der Waals surface area contributed by atoms with E-state index in [0.29, 0.717) is 11.5 Å². The van der Waals surface area contributed by atoms with E-state index in [-0.39, 0.29) is 5.91 Å². The number of likely N-dealkylation sites (N-methyl/N-ethyl adjacent to an activating group) is 1. The maximum Gasteiger partial charge on any atom is 0.272 e. The van der Waals surface area contributed by atoms with Crippen LogP contribution in [0.3, 0.4) is 0 Å². The fourth-order valence-corrected chi connectivity index (χ4v) is 3.89. The van der Waals surface area contributed by atoms with Crippen molar-refractivity contribution in [3.63, 3.8) is 0 Å². The summed E-state index contributed by atoms with van der Waals surface area (Å²) in [5.41, 5.74) is 2.08. The van der Waals surface area contributed by atoms with Crippen molar-refractivity contribution in [1.29, 1.82) is 0 Å². The van der Waals surface area contributed by atoms with Crippen LogP contribution in [0.1, 0.15) is 24.2 Å². The first kappa shape index (κ1) is 18.4. The number of aliphatic hydroxyl groups is 1. The van der Waals surface area contributed by atoms with Gasteiger partial charge in [-0.2, -0.15) is 0 Å². The van der Waals surface area contributed by atoms with Gasteiger partial charge in [0, 0.05) is 17.5 Å². The second-order valence-corrected chi connectivity index (χ2v) is 7.25. The number of rotatable bonds is 5. The summed E-state index contributed by atoms with van der Waals surface area (Å²) >= 11 is 1.47. The van der Waals surface area contributed by atoms with Gasteiger partial charge in [0.1, 0.15) is 0 Å². The molecule has 6 heteroatoms. The number of ether oxygens (including phenoxy) is 1. The maximum atomic E-state index is 12.9. The lowest BCUT2D eigenvalue weighted by atomic mass is 10.0. The highest BCUT2D eigenvalue weighted by Crippen LogP contribution is 2.40. The van der Waals surface area contributed by atoms with Crippen molar-refractivity contribution in [2.24, 2.45) is 0 Å². The second kappa shape index (κ2) is 7.85. The molecule has 26 heavy (non-hydrogen) atoms. The Morgan fingerprint density at radius 2 is 1.81 bits per heavy atom. The smallest absolute Gasteiger partial charge is 0.272 e. The van der Waals surface area contributed by atoms with Crippen LogP contribution in [0.4, 0.5) is 0 Å². The molecule has 0 saturated heterocycles. The summed E-state index contributed by atoms with van der Waals surface area (Å²) in [7, 11) is 3.39. The number of nitrogens with zero attached hydrogens (tertiary/aromatic N) is 1. The molecule has 3 rings (SSSR count). The van der Waals surface area contributed by atoms with Gasteiger partial charge in [-0.25, -0.2) is 0 Å². The molecule has 2 aromatic rings. The Kier molecular flexibility index (Phi) is 5.54. The van der Waals surface area contributed by atoms with Gasteiger partial charge in [0.15, 0.2) is 11.5 Å². The minimum Gasteiger partial charge on any atom is -0.494 e. The number of nitrogens with one attached hydrogen (secondary N) is 1. The van der Waals surface area contributed by atoms with Crippen molar-refractivity contribution < 1.29 is 14.6 Å². The van der Waals surface area contributed by atoms with Gasteiger partial charge in [-0.05, 0) is 36.6 Å². The summed E-state index contributed by atoms with van der Waals surface area (Å²) in [6.45, 7) is 1.78. The molecule has 1 aliphatic heterocycles. The van der Waals surface area contributed by atoms with Crippen LogP contribution in [0, 0.1) is 0 Å². The van der Waals surface area contributed by atoms with E-state index in [0.717, 1.165) is 16.0 Å². The molecule has 1 heterocycles. The van der Waals surface area contributed by atoms with E-state index in [4.69, 9.17) is 4.74 Å². The monoisotopic (exact) mass is 370 g/mol. The average Bonchev–Trinajstić information content (AvgIpc) is 2.66. The summed E-state index contributed by atoms with van der Waals surface area (Å²) in [5, 5.41) is 13.4. The van der Waals surface area contributed by atoms with Gasteiger partial charge >= 0.3 is 0 Å². The predicted octanol–water partition coefficient (Wildman–Crippen LogP) is 3.19. The van der Waals surface area contributed by atoms with Crippen molar-refractivity contribution in [3.05, 3.63) is 71.4 Å². The molecule has 1 amide bonds. The highest BCUT2D eigenvalue weighted by molar-refractivity contribution is 7.97. The van der Waals surface area contributed by atoms with Crippen LogP contribution >= 0.6 is 11.9 Å². The van der Waals surface area contributed by atoms with E-state index in [2.05, 4.69) is 5.32 Å². The van der Waals surface area contributed by atoms with Gasteiger partial charge in [-0.15, -0.1) is 0 Å². The number of aliphatic hydroxyl groups excluding tert-OH is 1. The highest BCUT2D eigenvalue weighted by Gasteiger charge is 2.31. The minimum absolute atomic E-state index is 0.283. The molecule has 2 N–H and O–H groups in total. The van der Waals surface area contributed by atoms with Crippen LogP contribution in [0.5, 0.6) is 0 Å². The first-order valence-corrected chi connectivity index (χ1v) is 9.13. The standard InChI is InChI=1S/C20H22N2O3S/c1-13(18(23)14-9-5-4-6-10-14)21-20(24)17-19(25-3)15-11-7-8-12-16(15)26-22(17)2/h4-13,18,23H,1-3H3,(H,21,24)/t13-,18?/m0/s1. The zero-order chi connectivity index (χ0) is 18.7. The third-order valence-corrected chi connectivity index (χ3v) is 5.30. The van der Waals surface area contributed by atoms with Gasteiger partial charge in [0.25, 0.3) is 5.91 Å². The van der Waals surface area contributed by atoms with Crippen molar-refractivity contribution in [2.75, 3.05) is 14.2 Å². The fraction of sp³-hybridized carbons (Fsp3) is 0.250. The number of benzene rings is 2. The Labute approximate surface area is 157 Å². The molecule has 2 aromatic carbocycles. The molecule has 0 aromatic heterocycles. The number of carbonyl (C=O) groups is 1. The van der Waals surface area contributed by atoms with Crippen LogP contribution in [-0.2, 0) is 9.53 Å². The predicted molar refractivity (Wildman–Crippen MR) is 103 cm³/mol. The molecule has 0 spiro atoms. The van der Waals surface area contributed by atoms with Crippen LogP contribution < -0.4 is 5.32 Å². The topological polar surface area (TPSA) is 61.8 Å². The molecule has 0 radical (unpaired) electrons. The number of hydrogen-bond donors (Lipinski definition) is 2. The SMILES string of the molecule is COC1=C(C(=O)N[C@@H](C)C(O)c2ccccc2)N(C)Sc2ccccc21. The highest BCUT2D eigenvalue weighted by atomic mass is 32.2. The quantitative estimate of drug-likeness (QED) is 0.792. The lowest BCUT2D eigenvalue weighted by Gasteiger charge is -2.30. The Balaban J connectivity index is 1.85. The molecular formula is C20H22N2O3S. The zero-order valence-corrected chi connectivity index (χ0v) is 15.8. The first-order valence-electron chi connectivity index (χ1n) is 8.36. The lowest BCUT2D eigenvalue weighted by Crippen LogP contribution is -2.41. The van der Waals surface area contributed by atoms with Crippen molar-refractivity contribution in [2.45, 2.75) is 24.0 Å². The largest absolute Gasteiger partial charge is 0.494 e. The average molecular weight is 370 g/mol. The lowest BCUT2D eigenvalue weighted by molar-refractivity contribution is -0.119. The summed E-state index contributed by atoms with van der Waals surface area (Å²) in [6, 6.07) is 16.6. The second-order valence-electron chi connectivity index (χ2n) is 6.08. The summed E-state index contributed by atoms with van der Waals surface area (Å²) in [4.78, 5) is 13.9. The normalized spacial score (nSPS) is 15.9. The Morgan fingerprint density at radius 1 is 1.15 bits per heavy atom. The number of methoxy groups -OCH3 is 1. The molecule has 136 valence electrons. The summed E-state index contributed by atoms with van der Waals surface area (Å²) in [5.74, 6) is 0.245. The third kappa shape index (κ3) is 3.57. The van der Waals surface area contributed by atoms with Crippen molar-refractivity contribution in [3.8, 4) is 0 Å². The molecule has 2 atom stereocenters. The fourth-order valence-electron chi connectivity index (χ4n) is 2.94. The van der Waals surface area contributed by atoms with E-state index in [1.807, 2.05) is 61.6 Å². The molecule has 0 saturated carbocycles. The molecule has 5 nitrogen and oxygen atoms in total. The van der Waals surface area contributed by atoms with Gasteiger partial charge in [-0.3, -0.25) is 4.79 Å². The number of carbonyl (C=O) groups excluding carboxylic acids is 1. The van der Waals surface area contributed by atoms with Crippen LogP contribution in [0.15, 0.2) is 65.2 Å². The summed E-state index contributed by atoms with van der Waals surface area (Å²) in [6.07, 6.45) is -0.791. The molecule has 0 fully saturated rings. The third-order valence-electron chi connectivity index (χ3n) is 4.29. The first-order chi connectivity index (χ1) is 12.5. The van der Waals surface area contributed by atoms with Crippen molar-refractivity contribution in [1.82, 2.24) is 9.62 Å². The maximum absolute atomic E-state index is 12.9. The molecule has 1 aliphatic rings. The van der Waals surface area contributed by atoms with Gasteiger partial charge in [-0.1, -0.05) is 42.5 Å². The van der Waals surface area contributed by atoms with E-state index in [1.54, 1.807) is 18.3 Å².